The van der Waals surface area contributed by atoms with Gasteiger partial charge in [0.05, 0.1) is 50.2 Å². The number of hydrogen-bond donors (Lipinski definition) is 0. The number of hydrogen-bond acceptors (Lipinski definition) is 4. The first-order valence-electron chi connectivity index (χ1n) is 35.9. The Kier molecular flexibility index (Phi) is 18.7. The van der Waals surface area contributed by atoms with E-state index in [0.717, 1.165) is 51.2 Å². The topological polar surface area (TPSA) is 56.7 Å². The zero-order valence-electron chi connectivity index (χ0n) is 58.3. The first kappa shape index (κ1) is 66.6. The van der Waals surface area contributed by atoms with Gasteiger partial charge < -0.3 is 18.6 Å². The van der Waals surface area contributed by atoms with E-state index in [1.165, 1.54) is 114 Å². The second kappa shape index (κ2) is 30.0. The van der Waals surface area contributed by atoms with Crippen molar-refractivity contribution in [2.75, 3.05) is 4.90 Å². The SMILES string of the molecule is [Ir+3].c1ccc(-c2nccc3ccccc23)cc1.c1ccc(-c2nccc3ccccc23)cc1.c1ccc(-c2nccc3ccccc23)cc1.c1ccc2c(c1)c1ccccc1n2-c1ccc(N(c2ccc(-n3c4ccccc4c4ccccc43)cc2)c2ccc(-n3c4ccccc4c4ccccc43)cc2)cc1. The summed E-state index contributed by atoms with van der Waals surface area (Å²) in [5.74, 6) is 0. The number of pyridine rings is 3. The summed E-state index contributed by atoms with van der Waals surface area (Å²) in [6, 6.07) is 141. The van der Waals surface area contributed by atoms with Crippen LogP contribution in [0, 0.1) is 0 Å². The number of benzene rings is 15. The first-order chi connectivity index (χ1) is 52.6. The predicted octanol–water partition coefficient (Wildman–Crippen LogP) is 26.2. The molecule has 0 unspecified atom stereocenters. The summed E-state index contributed by atoms with van der Waals surface area (Å²) >= 11 is 0. The van der Waals surface area contributed by atoms with Crippen molar-refractivity contribution in [1.82, 2.24) is 28.7 Å². The second-order valence-electron chi connectivity index (χ2n) is 26.2. The fourth-order valence-corrected chi connectivity index (χ4v) is 15.1. The van der Waals surface area contributed by atoms with E-state index in [0.29, 0.717) is 0 Å². The molecule has 107 heavy (non-hydrogen) atoms. The Morgan fingerprint density at radius 2 is 0.374 bits per heavy atom. The van der Waals surface area contributed by atoms with Crippen LogP contribution in [0.2, 0.25) is 0 Å². The Morgan fingerprint density at radius 3 is 0.607 bits per heavy atom. The molecular formula is C99H69IrN7+3. The van der Waals surface area contributed by atoms with Crippen molar-refractivity contribution in [2.45, 2.75) is 0 Å². The van der Waals surface area contributed by atoms with E-state index in [9.17, 15) is 0 Å². The Balaban J connectivity index is 0.000000137. The van der Waals surface area contributed by atoms with Crippen LogP contribution >= 0.6 is 0 Å². The second-order valence-corrected chi connectivity index (χ2v) is 26.2. The quantitative estimate of drug-likeness (QED) is 0.145. The van der Waals surface area contributed by atoms with E-state index in [1.807, 2.05) is 91.4 Å². The molecule has 0 aliphatic rings. The van der Waals surface area contributed by atoms with Crippen molar-refractivity contribution in [1.29, 1.82) is 0 Å². The molecule has 15 aromatic carbocycles. The van der Waals surface area contributed by atoms with Crippen molar-refractivity contribution in [2.24, 2.45) is 0 Å². The molecule has 0 saturated heterocycles. The molecule has 0 fully saturated rings. The third-order valence-corrected chi connectivity index (χ3v) is 20.0. The van der Waals surface area contributed by atoms with Gasteiger partial charge in [0.1, 0.15) is 0 Å². The van der Waals surface area contributed by atoms with Gasteiger partial charge in [-0.15, -0.1) is 0 Å². The van der Waals surface area contributed by atoms with Gasteiger partial charge in [-0.25, -0.2) is 0 Å². The standard InChI is InChI=1S/C54H36N4.3C15H11N.Ir/c1-7-19-49-43(13-1)44-14-2-8-20-50(44)56(49)40-31-25-37(26-32-40)55(38-27-33-41(34-28-38)57-51-21-9-3-15-45(51)46-16-4-10-22-52(46)57)39-29-35-42(36-30-39)58-53-23-11-5-17-47(53)48-18-6-12-24-54(48)58;3*1-2-7-13(8-3-1)15-14-9-5-4-6-12(14)10-11-16-15;/h1-36H;3*1-11H;/q;;;;+3. The van der Waals surface area contributed by atoms with E-state index in [-0.39, 0.29) is 20.1 Å². The molecule has 21 aromatic rings. The summed E-state index contributed by atoms with van der Waals surface area (Å²) in [4.78, 5) is 15.8. The molecule has 8 heteroatoms. The Morgan fingerprint density at radius 1 is 0.178 bits per heavy atom. The van der Waals surface area contributed by atoms with Crippen LogP contribution in [0.1, 0.15) is 0 Å². The van der Waals surface area contributed by atoms with Gasteiger partial charge in [0.25, 0.3) is 0 Å². The molecule has 0 bridgehead atoms. The van der Waals surface area contributed by atoms with Crippen molar-refractivity contribution in [3.8, 4) is 50.8 Å². The molecule has 0 radical (unpaired) electrons. The number of para-hydroxylation sites is 6. The van der Waals surface area contributed by atoms with Crippen molar-refractivity contribution >= 4 is 115 Å². The van der Waals surface area contributed by atoms with Crippen molar-refractivity contribution in [3.63, 3.8) is 0 Å². The minimum Gasteiger partial charge on any atom is -0.310 e. The molecule has 0 spiro atoms. The van der Waals surface area contributed by atoms with Crippen LogP contribution < -0.4 is 4.90 Å². The van der Waals surface area contributed by atoms with Gasteiger partial charge in [-0.1, -0.05) is 273 Å². The van der Waals surface area contributed by atoms with Crippen molar-refractivity contribution in [3.05, 3.63) is 419 Å². The largest absolute Gasteiger partial charge is 3.00 e. The van der Waals surface area contributed by atoms with Gasteiger partial charge in [0, 0.05) is 118 Å². The maximum absolute atomic E-state index is 4.48. The van der Waals surface area contributed by atoms with Crippen LogP contribution in [0.25, 0.3) is 149 Å². The van der Waals surface area contributed by atoms with Crippen LogP contribution in [0.5, 0.6) is 0 Å². The number of nitrogens with zero attached hydrogens (tertiary/aromatic N) is 7. The summed E-state index contributed by atoms with van der Waals surface area (Å²) < 4.78 is 7.12. The smallest absolute Gasteiger partial charge is 0.310 e. The summed E-state index contributed by atoms with van der Waals surface area (Å²) in [5, 5.41) is 14.9. The minimum absolute atomic E-state index is 0. The number of anilines is 3. The molecule has 6 heterocycles. The Bertz CT molecular complexity index is 5870. The van der Waals surface area contributed by atoms with E-state index in [4.69, 9.17) is 0 Å². The Labute approximate surface area is 633 Å². The van der Waals surface area contributed by atoms with E-state index >= 15 is 0 Å². The minimum atomic E-state index is 0. The summed E-state index contributed by atoms with van der Waals surface area (Å²) in [7, 11) is 0. The van der Waals surface area contributed by atoms with Gasteiger partial charge in [-0.3, -0.25) is 15.0 Å². The van der Waals surface area contributed by atoms with Crippen LogP contribution in [-0.4, -0.2) is 28.7 Å². The van der Waals surface area contributed by atoms with Gasteiger partial charge in [-0.05, 0) is 144 Å². The van der Waals surface area contributed by atoms with Crippen LogP contribution in [-0.2, 0) is 20.1 Å². The molecule has 506 valence electrons. The molecule has 0 aliphatic heterocycles. The molecule has 0 N–H and O–H groups in total. The normalized spacial score (nSPS) is 11.1. The van der Waals surface area contributed by atoms with Crippen LogP contribution in [0.15, 0.2) is 419 Å². The maximum atomic E-state index is 4.48. The average molecular weight is 1550 g/mol. The zero-order chi connectivity index (χ0) is 70.5. The van der Waals surface area contributed by atoms with Gasteiger partial charge in [-0.2, -0.15) is 0 Å². The fourth-order valence-electron chi connectivity index (χ4n) is 15.1. The third kappa shape index (κ3) is 13.0. The van der Waals surface area contributed by atoms with E-state index in [1.54, 1.807) is 0 Å². The molecule has 6 aromatic heterocycles. The monoisotopic (exact) mass is 1550 g/mol. The van der Waals surface area contributed by atoms with E-state index < -0.39 is 0 Å². The molecular weight excluding hydrogens is 1480 g/mol. The molecule has 21 rings (SSSR count). The third-order valence-electron chi connectivity index (χ3n) is 20.0. The molecule has 7 nitrogen and oxygen atoms in total. The fraction of sp³-hybridized carbons (Fsp3) is 0. The number of rotatable bonds is 9. The van der Waals surface area contributed by atoms with Gasteiger partial charge in [0.15, 0.2) is 0 Å². The zero-order valence-corrected chi connectivity index (χ0v) is 60.7. The summed E-state index contributed by atoms with van der Waals surface area (Å²) in [6.07, 6.45) is 5.60. The molecule has 0 aliphatic carbocycles. The van der Waals surface area contributed by atoms with Gasteiger partial charge >= 0.3 is 20.1 Å². The van der Waals surface area contributed by atoms with Crippen LogP contribution in [0.4, 0.5) is 17.1 Å². The van der Waals surface area contributed by atoms with Crippen LogP contribution in [0.3, 0.4) is 0 Å². The molecule has 0 amide bonds. The number of fused-ring (bicyclic) bond motifs is 12. The van der Waals surface area contributed by atoms with Gasteiger partial charge in [0.2, 0.25) is 0 Å². The van der Waals surface area contributed by atoms with E-state index in [2.05, 4.69) is 361 Å². The van der Waals surface area contributed by atoms with Crippen molar-refractivity contribution < 1.29 is 20.1 Å². The Hall–Kier alpha value is -13.6. The first-order valence-corrected chi connectivity index (χ1v) is 35.9. The average Bonchev–Trinajstić information content (AvgIpc) is 1.51. The maximum Gasteiger partial charge on any atom is 3.00 e. The number of aromatic nitrogens is 6. The summed E-state index contributed by atoms with van der Waals surface area (Å²) in [6.45, 7) is 0. The summed E-state index contributed by atoms with van der Waals surface area (Å²) in [5.41, 5.74) is 20.5. The molecule has 0 atom stereocenters. The predicted molar refractivity (Wildman–Crippen MR) is 446 cm³/mol. The molecule has 0 saturated carbocycles.